The molecule has 0 bridgehead atoms. The van der Waals surface area contributed by atoms with Crippen molar-refractivity contribution < 1.29 is 4.74 Å². The number of aromatic nitrogens is 2. The van der Waals surface area contributed by atoms with Crippen LogP contribution in [0.25, 0.3) is 0 Å². The second-order valence-electron chi connectivity index (χ2n) is 5.48. The van der Waals surface area contributed by atoms with Crippen LogP contribution in [0.4, 0.5) is 17.3 Å². The van der Waals surface area contributed by atoms with Gasteiger partial charge in [0.1, 0.15) is 0 Å². The molecule has 21 heavy (non-hydrogen) atoms. The smallest absolute Gasteiger partial charge is 0.207 e. The Hall–Kier alpha value is -2.01. The normalized spacial score (nSPS) is 12.2. The molecule has 5 nitrogen and oxygen atoms in total. The number of anilines is 3. The number of aryl methyl sites for hydroxylation is 1. The number of ether oxygens (including phenoxy) is 1. The summed E-state index contributed by atoms with van der Waals surface area (Å²) >= 11 is 0. The largest absolute Gasteiger partial charge is 0.383 e. The standard InChI is InChI=1S/C16H24N4O/c1-12-10-20(13(2)11-21-5)16(17-12)18-14-6-8-15(9-7-14)19(3)4/h6-10,13H,11H2,1-5H3,(H,17,18). The quantitative estimate of drug-likeness (QED) is 0.886. The Morgan fingerprint density at radius 1 is 1.29 bits per heavy atom. The molecule has 1 aromatic carbocycles. The molecule has 1 aromatic heterocycles. The molecule has 0 aliphatic heterocycles. The molecule has 0 saturated carbocycles. The van der Waals surface area contributed by atoms with Crippen molar-refractivity contribution in [1.29, 1.82) is 0 Å². The Morgan fingerprint density at radius 3 is 2.52 bits per heavy atom. The van der Waals surface area contributed by atoms with E-state index in [2.05, 4.69) is 51.0 Å². The third kappa shape index (κ3) is 3.76. The third-order valence-corrected chi connectivity index (χ3v) is 3.38. The van der Waals surface area contributed by atoms with Crippen LogP contribution in [0, 0.1) is 6.92 Å². The summed E-state index contributed by atoms with van der Waals surface area (Å²) in [5, 5.41) is 3.38. The molecular formula is C16H24N4O. The monoisotopic (exact) mass is 288 g/mol. The topological polar surface area (TPSA) is 42.3 Å². The van der Waals surface area contributed by atoms with E-state index in [1.165, 1.54) is 5.69 Å². The Morgan fingerprint density at radius 2 is 1.95 bits per heavy atom. The van der Waals surface area contributed by atoms with Crippen LogP contribution >= 0.6 is 0 Å². The highest BCUT2D eigenvalue weighted by molar-refractivity contribution is 5.59. The lowest BCUT2D eigenvalue weighted by molar-refractivity contribution is 0.163. The van der Waals surface area contributed by atoms with E-state index < -0.39 is 0 Å². The van der Waals surface area contributed by atoms with Crippen LogP contribution in [0.3, 0.4) is 0 Å². The van der Waals surface area contributed by atoms with Crippen LogP contribution in [0.2, 0.25) is 0 Å². The lowest BCUT2D eigenvalue weighted by atomic mass is 10.2. The van der Waals surface area contributed by atoms with E-state index in [9.17, 15) is 0 Å². The van der Waals surface area contributed by atoms with E-state index in [4.69, 9.17) is 4.74 Å². The number of hydrogen-bond acceptors (Lipinski definition) is 4. The number of methoxy groups -OCH3 is 1. The molecule has 1 N–H and O–H groups in total. The SMILES string of the molecule is COCC(C)n1cc(C)nc1Nc1ccc(N(C)C)cc1. The number of nitrogens with one attached hydrogen (secondary N) is 1. The van der Waals surface area contributed by atoms with Gasteiger partial charge in [-0.3, -0.25) is 0 Å². The average Bonchev–Trinajstić information content (AvgIpc) is 2.80. The predicted octanol–water partition coefficient (Wildman–Crippen LogP) is 3.21. The first-order valence-corrected chi connectivity index (χ1v) is 7.10. The van der Waals surface area contributed by atoms with E-state index in [-0.39, 0.29) is 6.04 Å². The zero-order valence-electron chi connectivity index (χ0n) is 13.4. The van der Waals surface area contributed by atoms with E-state index >= 15 is 0 Å². The highest BCUT2D eigenvalue weighted by atomic mass is 16.5. The Labute approximate surface area is 126 Å². The van der Waals surface area contributed by atoms with E-state index in [1.54, 1.807) is 7.11 Å². The minimum atomic E-state index is 0.236. The summed E-state index contributed by atoms with van der Waals surface area (Å²) in [4.78, 5) is 6.63. The van der Waals surface area contributed by atoms with Crippen molar-refractivity contribution >= 4 is 17.3 Å². The highest BCUT2D eigenvalue weighted by Gasteiger charge is 2.12. The molecule has 0 aliphatic rings. The van der Waals surface area contributed by atoms with Crippen molar-refractivity contribution in [2.45, 2.75) is 19.9 Å². The summed E-state index contributed by atoms with van der Waals surface area (Å²) in [5.41, 5.74) is 3.19. The summed E-state index contributed by atoms with van der Waals surface area (Å²) in [5.74, 6) is 0.842. The van der Waals surface area contributed by atoms with E-state index in [0.717, 1.165) is 17.3 Å². The maximum absolute atomic E-state index is 5.23. The number of benzene rings is 1. The van der Waals surface area contributed by atoms with Crippen LogP contribution < -0.4 is 10.2 Å². The average molecular weight is 288 g/mol. The fraction of sp³-hybridized carbons (Fsp3) is 0.438. The lowest BCUT2D eigenvalue weighted by Gasteiger charge is -2.17. The van der Waals surface area contributed by atoms with Crippen molar-refractivity contribution in [3.63, 3.8) is 0 Å². The Kier molecular flexibility index (Phi) is 4.85. The van der Waals surface area contributed by atoms with Gasteiger partial charge < -0.3 is 19.5 Å². The summed E-state index contributed by atoms with van der Waals surface area (Å²) < 4.78 is 7.34. The van der Waals surface area contributed by atoms with Crippen LogP contribution in [-0.2, 0) is 4.74 Å². The van der Waals surface area contributed by atoms with E-state index in [1.807, 2.05) is 27.2 Å². The molecule has 114 valence electrons. The first kappa shape index (κ1) is 15.4. The molecule has 0 saturated heterocycles. The Bertz CT molecular complexity index is 574. The van der Waals surface area contributed by atoms with Crippen molar-refractivity contribution in [2.75, 3.05) is 38.0 Å². The van der Waals surface area contributed by atoms with Crippen LogP contribution in [0.1, 0.15) is 18.7 Å². The Balaban J connectivity index is 2.19. The number of imidazole rings is 1. The fourth-order valence-corrected chi connectivity index (χ4v) is 2.24. The number of rotatable bonds is 6. The zero-order chi connectivity index (χ0) is 15.4. The molecule has 1 unspecified atom stereocenters. The van der Waals surface area contributed by atoms with Gasteiger partial charge >= 0.3 is 0 Å². The van der Waals surface area contributed by atoms with Gasteiger partial charge in [0, 0.05) is 38.8 Å². The summed E-state index contributed by atoms with van der Waals surface area (Å²) in [6.07, 6.45) is 2.04. The van der Waals surface area contributed by atoms with Gasteiger partial charge in [0.2, 0.25) is 5.95 Å². The van der Waals surface area contributed by atoms with Gasteiger partial charge in [-0.15, -0.1) is 0 Å². The maximum Gasteiger partial charge on any atom is 0.207 e. The molecule has 1 atom stereocenters. The minimum Gasteiger partial charge on any atom is -0.383 e. The molecule has 2 rings (SSSR count). The van der Waals surface area contributed by atoms with Crippen molar-refractivity contribution in [1.82, 2.24) is 9.55 Å². The molecule has 0 radical (unpaired) electrons. The van der Waals surface area contributed by atoms with Gasteiger partial charge in [-0.1, -0.05) is 0 Å². The second kappa shape index (κ2) is 6.63. The van der Waals surface area contributed by atoms with Crippen molar-refractivity contribution in [3.05, 3.63) is 36.2 Å². The van der Waals surface area contributed by atoms with Gasteiger partial charge in [-0.2, -0.15) is 0 Å². The molecule has 0 fully saturated rings. The van der Waals surface area contributed by atoms with Crippen molar-refractivity contribution in [2.24, 2.45) is 0 Å². The second-order valence-corrected chi connectivity index (χ2v) is 5.48. The number of nitrogens with zero attached hydrogens (tertiary/aromatic N) is 3. The van der Waals surface area contributed by atoms with Crippen LogP contribution in [-0.4, -0.2) is 37.4 Å². The third-order valence-electron chi connectivity index (χ3n) is 3.38. The highest BCUT2D eigenvalue weighted by Crippen LogP contribution is 2.22. The molecule has 0 amide bonds. The van der Waals surface area contributed by atoms with Crippen LogP contribution in [0.15, 0.2) is 30.5 Å². The van der Waals surface area contributed by atoms with Gasteiger partial charge in [-0.05, 0) is 38.1 Å². The first-order chi connectivity index (χ1) is 10.0. The molecule has 5 heteroatoms. The fourth-order valence-electron chi connectivity index (χ4n) is 2.24. The summed E-state index contributed by atoms with van der Waals surface area (Å²) in [7, 11) is 5.78. The summed E-state index contributed by atoms with van der Waals surface area (Å²) in [6.45, 7) is 4.77. The summed E-state index contributed by atoms with van der Waals surface area (Å²) in [6, 6.07) is 8.53. The van der Waals surface area contributed by atoms with E-state index in [0.29, 0.717) is 6.61 Å². The number of hydrogen-bond donors (Lipinski definition) is 1. The zero-order valence-corrected chi connectivity index (χ0v) is 13.4. The lowest BCUT2D eigenvalue weighted by Crippen LogP contribution is -2.13. The maximum atomic E-state index is 5.23. The van der Waals surface area contributed by atoms with Gasteiger partial charge in [0.05, 0.1) is 18.3 Å². The first-order valence-electron chi connectivity index (χ1n) is 7.10. The predicted molar refractivity (Wildman–Crippen MR) is 87.6 cm³/mol. The minimum absolute atomic E-state index is 0.236. The van der Waals surface area contributed by atoms with Crippen molar-refractivity contribution in [3.8, 4) is 0 Å². The molecular weight excluding hydrogens is 264 g/mol. The molecule has 1 heterocycles. The molecule has 0 aliphatic carbocycles. The van der Waals surface area contributed by atoms with Crippen LogP contribution in [0.5, 0.6) is 0 Å². The van der Waals surface area contributed by atoms with Gasteiger partial charge in [-0.25, -0.2) is 4.98 Å². The molecule has 2 aromatic rings. The molecule has 0 spiro atoms. The van der Waals surface area contributed by atoms with Gasteiger partial charge in [0.15, 0.2) is 0 Å². The van der Waals surface area contributed by atoms with Gasteiger partial charge in [0.25, 0.3) is 0 Å².